The summed E-state index contributed by atoms with van der Waals surface area (Å²) in [5.41, 5.74) is 0.970. The summed E-state index contributed by atoms with van der Waals surface area (Å²) in [5, 5.41) is 3.62. The minimum absolute atomic E-state index is 0.0401. The van der Waals surface area contributed by atoms with E-state index in [9.17, 15) is 9.59 Å². The second kappa shape index (κ2) is 7.76. The first-order valence-electron chi connectivity index (χ1n) is 9.35. The van der Waals surface area contributed by atoms with Crippen molar-refractivity contribution < 1.29 is 13.9 Å². The summed E-state index contributed by atoms with van der Waals surface area (Å²) in [7, 11) is 1.67. The molecule has 1 amide bonds. The Morgan fingerprint density at radius 1 is 1.21 bits per heavy atom. The van der Waals surface area contributed by atoms with Crippen LogP contribution in [0.4, 0.5) is 5.69 Å². The van der Waals surface area contributed by atoms with Gasteiger partial charge in [0.15, 0.2) is 0 Å². The Bertz CT molecular complexity index is 1060. The summed E-state index contributed by atoms with van der Waals surface area (Å²) >= 11 is 0. The van der Waals surface area contributed by atoms with Crippen molar-refractivity contribution in [1.82, 2.24) is 5.32 Å². The van der Waals surface area contributed by atoms with Gasteiger partial charge < -0.3 is 19.4 Å². The maximum atomic E-state index is 12.5. The van der Waals surface area contributed by atoms with E-state index in [-0.39, 0.29) is 5.56 Å². The Morgan fingerprint density at radius 3 is 2.86 bits per heavy atom. The lowest BCUT2D eigenvalue weighted by Gasteiger charge is -2.21. The summed E-state index contributed by atoms with van der Waals surface area (Å²) in [6, 6.07) is 16.7. The van der Waals surface area contributed by atoms with Crippen molar-refractivity contribution in [2.45, 2.75) is 6.42 Å². The predicted octanol–water partition coefficient (Wildman–Crippen LogP) is 3.06. The van der Waals surface area contributed by atoms with Gasteiger partial charge in [-0.25, -0.2) is 4.79 Å². The molecule has 6 heteroatoms. The highest BCUT2D eigenvalue weighted by Gasteiger charge is 2.25. The molecule has 144 valence electrons. The summed E-state index contributed by atoms with van der Waals surface area (Å²) < 4.78 is 10.7. The zero-order valence-corrected chi connectivity index (χ0v) is 15.7. The van der Waals surface area contributed by atoms with Crippen LogP contribution in [0.2, 0.25) is 0 Å². The molecule has 0 saturated carbocycles. The van der Waals surface area contributed by atoms with Gasteiger partial charge in [-0.3, -0.25) is 4.79 Å². The smallest absolute Gasteiger partial charge is 0.349 e. The molecule has 28 heavy (non-hydrogen) atoms. The van der Waals surface area contributed by atoms with Crippen molar-refractivity contribution in [2.24, 2.45) is 5.92 Å². The predicted molar refractivity (Wildman–Crippen MR) is 108 cm³/mol. The Labute approximate surface area is 162 Å². The molecule has 1 aliphatic heterocycles. The maximum Gasteiger partial charge on any atom is 0.349 e. The largest absolute Gasteiger partial charge is 0.495 e. The lowest BCUT2D eigenvalue weighted by molar-refractivity contribution is 0.0944. The van der Waals surface area contributed by atoms with Crippen LogP contribution in [0.1, 0.15) is 16.8 Å². The molecule has 0 spiro atoms. The van der Waals surface area contributed by atoms with Crippen molar-refractivity contribution in [2.75, 3.05) is 31.6 Å². The molecule has 1 fully saturated rings. The lowest BCUT2D eigenvalue weighted by atomic mass is 10.1. The van der Waals surface area contributed by atoms with Crippen LogP contribution < -0.4 is 20.6 Å². The molecular formula is C22H22N2O4. The molecule has 4 rings (SSSR count). The molecule has 0 radical (unpaired) electrons. The van der Waals surface area contributed by atoms with Gasteiger partial charge in [0.25, 0.3) is 5.91 Å². The number of rotatable bonds is 5. The first-order valence-corrected chi connectivity index (χ1v) is 9.35. The van der Waals surface area contributed by atoms with E-state index >= 15 is 0 Å². The van der Waals surface area contributed by atoms with E-state index in [4.69, 9.17) is 9.15 Å². The van der Waals surface area contributed by atoms with Gasteiger partial charge in [0.2, 0.25) is 0 Å². The number of hydrogen-bond donors (Lipinski definition) is 1. The number of nitrogens with one attached hydrogen (secondary N) is 1. The normalized spacial score (nSPS) is 16.3. The summed E-state index contributed by atoms with van der Waals surface area (Å²) in [5.74, 6) is 0.762. The molecule has 1 N–H and O–H groups in total. The molecule has 1 saturated heterocycles. The van der Waals surface area contributed by atoms with Gasteiger partial charge in [-0.1, -0.05) is 30.3 Å². The van der Waals surface area contributed by atoms with E-state index in [1.807, 2.05) is 36.4 Å². The molecule has 1 atom stereocenters. The summed E-state index contributed by atoms with van der Waals surface area (Å²) in [6.45, 7) is 2.24. The zero-order chi connectivity index (χ0) is 19.5. The average molecular weight is 378 g/mol. The van der Waals surface area contributed by atoms with Gasteiger partial charge in [0.05, 0.1) is 12.8 Å². The topological polar surface area (TPSA) is 71.8 Å². The number of methoxy groups -OCH3 is 1. The molecule has 1 aliphatic rings. The number of amides is 1. The number of para-hydroxylation sites is 3. The van der Waals surface area contributed by atoms with Crippen LogP contribution in [-0.2, 0) is 0 Å². The minimum atomic E-state index is -0.613. The lowest BCUT2D eigenvalue weighted by Crippen LogP contribution is -2.33. The number of carbonyl (C=O) groups excluding carboxylic acids is 1. The second-order valence-electron chi connectivity index (χ2n) is 6.97. The first kappa shape index (κ1) is 18.1. The van der Waals surface area contributed by atoms with E-state index in [1.54, 1.807) is 25.3 Å². The van der Waals surface area contributed by atoms with Crippen molar-refractivity contribution >= 4 is 22.6 Å². The van der Waals surface area contributed by atoms with E-state index in [0.717, 1.165) is 36.3 Å². The van der Waals surface area contributed by atoms with Crippen molar-refractivity contribution in [3.63, 3.8) is 0 Å². The second-order valence-corrected chi connectivity index (χ2v) is 6.97. The van der Waals surface area contributed by atoms with Crippen LogP contribution in [0.15, 0.2) is 63.8 Å². The molecular weight excluding hydrogens is 356 g/mol. The molecule has 0 aliphatic carbocycles. The molecule has 3 aromatic rings. The number of benzene rings is 2. The van der Waals surface area contributed by atoms with Gasteiger partial charge in [0, 0.05) is 25.0 Å². The van der Waals surface area contributed by atoms with E-state index in [0.29, 0.717) is 18.0 Å². The third-order valence-corrected chi connectivity index (χ3v) is 5.15. The number of hydrogen-bond acceptors (Lipinski definition) is 5. The minimum Gasteiger partial charge on any atom is -0.495 e. The fourth-order valence-corrected chi connectivity index (χ4v) is 3.66. The average Bonchev–Trinajstić information content (AvgIpc) is 3.20. The number of nitrogens with zero attached hydrogens (tertiary/aromatic N) is 1. The van der Waals surface area contributed by atoms with Gasteiger partial charge in [0.1, 0.15) is 16.9 Å². The number of ether oxygens (including phenoxy) is 1. The zero-order valence-electron chi connectivity index (χ0n) is 15.7. The molecule has 2 aromatic carbocycles. The van der Waals surface area contributed by atoms with E-state index in [1.165, 1.54) is 0 Å². The van der Waals surface area contributed by atoms with Crippen LogP contribution in [0.25, 0.3) is 11.0 Å². The number of anilines is 1. The Balaban J connectivity index is 1.41. The van der Waals surface area contributed by atoms with Gasteiger partial charge >= 0.3 is 5.63 Å². The van der Waals surface area contributed by atoms with Gasteiger partial charge in [-0.15, -0.1) is 0 Å². The molecule has 0 unspecified atom stereocenters. The Kier molecular flexibility index (Phi) is 5.02. The van der Waals surface area contributed by atoms with E-state index in [2.05, 4.69) is 10.2 Å². The standard InChI is InChI=1S/C22H22N2O4/c1-27-20-9-5-3-7-18(20)24-11-10-15(14-24)13-23-21(25)17-12-16-6-2-4-8-19(16)28-22(17)26/h2-9,12,15H,10-11,13-14H2,1H3,(H,23,25)/t15-/m1/s1. The monoisotopic (exact) mass is 378 g/mol. The number of fused-ring (bicyclic) bond motifs is 1. The Morgan fingerprint density at radius 2 is 2.00 bits per heavy atom. The highest BCUT2D eigenvalue weighted by Crippen LogP contribution is 2.31. The number of carbonyl (C=O) groups is 1. The fourth-order valence-electron chi connectivity index (χ4n) is 3.66. The fraction of sp³-hybridized carbons (Fsp3) is 0.273. The highest BCUT2D eigenvalue weighted by atomic mass is 16.5. The van der Waals surface area contributed by atoms with Crippen molar-refractivity contribution in [1.29, 1.82) is 0 Å². The Hall–Kier alpha value is -3.28. The van der Waals surface area contributed by atoms with Gasteiger partial charge in [-0.05, 0) is 36.6 Å². The third kappa shape index (κ3) is 3.58. The molecule has 1 aromatic heterocycles. The summed E-state index contributed by atoms with van der Waals surface area (Å²) in [4.78, 5) is 26.9. The molecule has 2 heterocycles. The maximum absolute atomic E-state index is 12.5. The van der Waals surface area contributed by atoms with Crippen LogP contribution in [0.5, 0.6) is 5.75 Å². The van der Waals surface area contributed by atoms with Crippen molar-refractivity contribution in [3.05, 3.63) is 70.6 Å². The van der Waals surface area contributed by atoms with Crippen molar-refractivity contribution in [3.8, 4) is 5.75 Å². The van der Waals surface area contributed by atoms with Crippen LogP contribution >= 0.6 is 0 Å². The van der Waals surface area contributed by atoms with Crippen LogP contribution in [-0.4, -0.2) is 32.7 Å². The molecule has 0 bridgehead atoms. The van der Waals surface area contributed by atoms with Gasteiger partial charge in [-0.2, -0.15) is 0 Å². The van der Waals surface area contributed by atoms with E-state index < -0.39 is 11.5 Å². The SMILES string of the molecule is COc1ccccc1N1CC[C@H](CNC(=O)c2cc3ccccc3oc2=O)C1. The third-order valence-electron chi connectivity index (χ3n) is 5.15. The van der Waals surface area contributed by atoms with Crippen LogP contribution in [0, 0.1) is 5.92 Å². The summed E-state index contributed by atoms with van der Waals surface area (Å²) in [6.07, 6.45) is 0.963. The van der Waals surface area contributed by atoms with Crippen LogP contribution in [0.3, 0.4) is 0 Å². The first-order chi connectivity index (χ1) is 13.7. The highest BCUT2D eigenvalue weighted by molar-refractivity contribution is 5.96. The quantitative estimate of drug-likeness (QED) is 0.691. The molecule has 6 nitrogen and oxygen atoms in total.